The lowest BCUT2D eigenvalue weighted by Gasteiger charge is -2.27. The van der Waals surface area contributed by atoms with E-state index in [9.17, 15) is 8.42 Å². The molecule has 5 heteroatoms. The number of nitrogens with one attached hydrogen (secondary N) is 1. The minimum atomic E-state index is -3.52. The third-order valence-electron chi connectivity index (χ3n) is 2.71. The normalized spacial score (nSPS) is 22.9. The van der Waals surface area contributed by atoms with Gasteiger partial charge in [0.1, 0.15) is 0 Å². The van der Waals surface area contributed by atoms with Gasteiger partial charge in [-0.2, -0.15) is 13.1 Å². The van der Waals surface area contributed by atoms with E-state index in [1.807, 2.05) is 6.92 Å². The van der Waals surface area contributed by atoms with Crippen LogP contribution in [0.4, 0.5) is 0 Å². The van der Waals surface area contributed by atoms with Gasteiger partial charge < -0.3 is 0 Å². The predicted molar refractivity (Wildman–Crippen MR) is 52.3 cm³/mol. The molecule has 0 bridgehead atoms. The lowest BCUT2D eigenvalue weighted by Crippen LogP contribution is -2.42. The zero-order valence-corrected chi connectivity index (χ0v) is 8.81. The fourth-order valence-corrected chi connectivity index (χ4v) is 2.70. The minimum Gasteiger partial charge on any atom is -0.216 e. The molecule has 13 heavy (non-hydrogen) atoms. The van der Waals surface area contributed by atoms with Crippen molar-refractivity contribution in [3.63, 3.8) is 0 Å². The topological polar surface area (TPSA) is 72.2 Å². The van der Waals surface area contributed by atoms with Gasteiger partial charge in [0.05, 0.1) is 0 Å². The Morgan fingerprint density at radius 3 is 2.31 bits per heavy atom. The largest absolute Gasteiger partial charge is 0.274 e. The minimum absolute atomic E-state index is 0.0182. The van der Waals surface area contributed by atoms with Crippen molar-refractivity contribution in [3.8, 4) is 0 Å². The Balaban J connectivity index is 2.42. The lowest BCUT2D eigenvalue weighted by molar-refractivity contribution is 0.303. The zero-order valence-electron chi connectivity index (χ0n) is 7.99. The smallest absolute Gasteiger partial charge is 0.216 e. The molecule has 78 valence electrons. The molecule has 1 fully saturated rings. The molecule has 0 unspecified atom stereocenters. The van der Waals surface area contributed by atoms with Crippen molar-refractivity contribution in [2.75, 3.05) is 0 Å². The average Bonchev–Trinajstić information content (AvgIpc) is 2.03. The first kappa shape index (κ1) is 10.9. The van der Waals surface area contributed by atoms with Crippen LogP contribution in [0.1, 0.15) is 39.0 Å². The SMILES string of the molecule is C[C@H](NS(N)(=O)=O)C1CCCCC1. The van der Waals surface area contributed by atoms with Gasteiger partial charge in [0.2, 0.25) is 0 Å². The second kappa shape index (κ2) is 4.39. The van der Waals surface area contributed by atoms with Gasteiger partial charge in [0, 0.05) is 6.04 Å². The van der Waals surface area contributed by atoms with E-state index in [4.69, 9.17) is 5.14 Å². The molecule has 0 amide bonds. The number of hydrogen-bond acceptors (Lipinski definition) is 2. The molecule has 1 atom stereocenters. The Bertz CT molecular complexity index is 245. The lowest BCUT2D eigenvalue weighted by atomic mass is 9.85. The second-order valence-electron chi connectivity index (χ2n) is 3.85. The molecule has 1 rings (SSSR count). The summed E-state index contributed by atoms with van der Waals surface area (Å²) in [6.45, 7) is 1.89. The van der Waals surface area contributed by atoms with Gasteiger partial charge in [0.25, 0.3) is 10.2 Å². The van der Waals surface area contributed by atoms with E-state index < -0.39 is 10.2 Å². The van der Waals surface area contributed by atoms with Crippen molar-refractivity contribution in [2.24, 2.45) is 11.1 Å². The highest BCUT2D eigenvalue weighted by Gasteiger charge is 2.22. The maximum Gasteiger partial charge on any atom is 0.274 e. The van der Waals surface area contributed by atoms with Crippen LogP contribution in [0, 0.1) is 5.92 Å². The van der Waals surface area contributed by atoms with Crippen molar-refractivity contribution >= 4 is 10.2 Å². The zero-order chi connectivity index (χ0) is 9.90. The predicted octanol–water partition coefficient (Wildman–Crippen LogP) is 0.748. The summed E-state index contributed by atoms with van der Waals surface area (Å²) in [4.78, 5) is 0. The molecular weight excluding hydrogens is 188 g/mol. The van der Waals surface area contributed by atoms with Crippen LogP contribution in [-0.2, 0) is 10.2 Å². The summed E-state index contributed by atoms with van der Waals surface area (Å²) >= 11 is 0. The Kier molecular flexibility index (Phi) is 3.70. The average molecular weight is 206 g/mol. The van der Waals surface area contributed by atoms with Crippen LogP contribution in [0.25, 0.3) is 0 Å². The van der Waals surface area contributed by atoms with Gasteiger partial charge in [-0.3, -0.25) is 0 Å². The van der Waals surface area contributed by atoms with Crippen LogP contribution in [0.2, 0.25) is 0 Å². The van der Waals surface area contributed by atoms with E-state index in [0.717, 1.165) is 12.8 Å². The highest BCUT2D eigenvalue weighted by Crippen LogP contribution is 2.26. The number of nitrogens with two attached hydrogens (primary N) is 1. The Morgan fingerprint density at radius 1 is 1.31 bits per heavy atom. The molecule has 0 heterocycles. The van der Waals surface area contributed by atoms with E-state index in [-0.39, 0.29) is 6.04 Å². The van der Waals surface area contributed by atoms with E-state index in [2.05, 4.69) is 4.72 Å². The molecule has 1 aliphatic carbocycles. The molecule has 0 aromatic heterocycles. The molecule has 0 spiro atoms. The Labute approximate surface area is 80.1 Å². The van der Waals surface area contributed by atoms with Gasteiger partial charge in [-0.25, -0.2) is 5.14 Å². The molecule has 0 radical (unpaired) electrons. The first-order chi connectivity index (χ1) is 5.99. The summed E-state index contributed by atoms with van der Waals surface area (Å²) in [5, 5.41) is 4.90. The molecule has 3 N–H and O–H groups in total. The maximum absolute atomic E-state index is 10.8. The molecule has 0 aromatic carbocycles. The monoisotopic (exact) mass is 206 g/mol. The fourth-order valence-electron chi connectivity index (χ4n) is 1.99. The van der Waals surface area contributed by atoms with Crippen molar-refractivity contribution in [1.82, 2.24) is 4.72 Å². The first-order valence-electron chi connectivity index (χ1n) is 4.79. The van der Waals surface area contributed by atoms with Crippen LogP contribution in [-0.4, -0.2) is 14.5 Å². The van der Waals surface area contributed by atoms with E-state index in [1.54, 1.807) is 0 Å². The van der Waals surface area contributed by atoms with Crippen LogP contribution < -0.4 is 9.86 Å². The van der Waals surface area contributed by atoms with Gasteiger partial charge in [-0.15, -0.1) is 0 Å². The van der Waals surface area contributed by atoms with E-state index in [0.29, 0.717) is 5.92 Å². The van der Waals surface area contributed by atoms with Crippen molar-refractivity contribution in [1.29, 1.82) is 0 Å². The van der Waals surface area contributed by atoms with Crippen LogP contribution in [0.3, 0.4) is 0 Å². The third kappa shape index (κ3) is 4.06. The molecule has 0 aliphatic heterocycles. The summed E-state index contributed by atoms with van der Waals surface area (Å²) in [6, 6.07) is -0.0182. The molecular formula is C8H18N2O2S. The maximum atomic E-state index is 10.8. The summed E-state index contributed by atoms with van der Waals surface area (Å²) in [5.41, 5.74) is 0. The van der Waals surface area contributed by atoms with Gasteiger partial charge in [-0.05, 0) is 25.7 Å². The highest BCUT2D eigenvalue weighted by atomic mass is 32.2. The van der Waals surface area contributed by atoms with Gasteiger partial charge >= 0.3 is 0 Å². The summed E-state index contributed by atoms with van der Waals surface area (Å²) in [6.07, 6.45) is 5.93. The van der Waals surface area contributed by atoms with Gasteiger partial charge in [-0.1, -0.05) is 19.3 Å². The first-order valence-corrected chi connectivity index (χ1v) is 6.34. The Hall–Kier alpha value is -0.130. The van der Waals surface area contributed by atoms with Crippen molar-refractivity contribution < 1.29 is 8.42 Å². The van der Waals surface area contributed by atoms with E-state index in [1.165, 1.54) is 19.3 Å². The summed E-state index contributed by atoms with van der Waals surface area (Å²) < 4.78 is 23.9. The second-order valence-corrected chi connectivity index (χ2v) is 5.18. The van der Waals surface area contributed by atoms with Crippen LogP contribution >= 0.6 is 0 Å². The molecule has 4 nitrogen and oxygen atoms in total. The standard InChI is InChI=1S/C8H18N2O2S/c1-7(10-13(9,11)12)8-5-3-2-4-6-8/h7-8,10H,2-6H2,1H3,(H2,9,11,12)/t7-/m0/s1. The van der Waals surface area contributed by atoms with Crippen LogP contribution in [0.5, 0.6) is 0 Å². The number of hydrogen-bond donors (Lipinski definition) is 2. The summed E-state index contributed by atoms with van der Waals surface area (Å²) in [5.74, 6) is 0.465. The van der Waals surface area contributed by atoms with Crippen molar-refractivity contribution in [2.45, 2.75) is 45.1 Å². The van der Waals surface area contributed by atoms with E-state index >= 15 is 0 Å². The third-order valence-corrected chi connectivity index (χ3v) is 3.41. The molecule has 0 saturated heterocycles. The quantitative estimate of drug-likeness (QED) is 0.715. The molecule has 1 saturated carbocycles. The highest BCUT2D eigenvalue weighted by molar-refractivity contribution is 7.87. The van der Waals surface area contributed by atoms with Gasteiger partial charge in [0.15, 0.2) is 0 Å². The molecule has 0 aromatic rings. The van der Waals surface area contributed by atoms with Crippen LogP contribution in [0.15, 0.2) is 0 Å². The Morgan fingerprint density at radius 2 is 1.85 bits per heavy atom. The summed E-state index contributed by atoms with van der Waals surface area (Å²) in [7, 11) is -3.52. The molecule has 1 aliphatic rings. The number of rotatable bonds is 3. The fraction of sp³-hybridized carbons (Fsp3) is 1.00. The van der Waals surface area contributed by atoms with Crippen molar-refractivity contribution in [3.05, 3.63) is 0 Å².